The number of benzene rings is 1. The molecule has 0 aliphatic rings. The second kappa shape index (κ2) is 4.98. The van der Waals surface area contributed by atoms with Gasteiger partial charge in [0.15, 0.2) is 5.58 Å². The lowest BCUT2D eigenvalue weighted by Crippen LogP contribution is -2.13. The molecule has 4 heteroatoms. The quantitative estimate of drug-likeness (QED) is 0.902. The van der Waals surface area contributed by atoms with Crippen molar-refractivity contribution in [2.75, 3.05) is 6.54 Å². The molecule has 1 unspecified atom stereocenters. The van der Waals surface area contributed by atoms with E-state index in [2.05, 4.69) is 13.8 Å². The third kappa shape index (κ3) is 2.20. The number of hydrogen-bond acceptors (Lipinski definition) is 3. The van der Waals surface area contributed by atoms with Crippen molar-refractivity contribution in [1.29, 1.82) is 0 Å². The fourth-order valence-electron chi connectivity index (χ4n) is 2.44. The number of hydrogen-bond donors (Lipinski definition) is 1. The van der Waals surface area contributed by atoms with Gasteiger partial charge in [-0.15, -0.1) is 0 Å². The number of aryl methyl sites for hydroxylation is 1. The first-order chi connectivity index (χ1) is 8.54. The minimum atomic E-state index is -0.318. The van der Waals surface area contributed by atoms with Crippen molar-refractivity contribution in [1.82, 2.24) is 4.57 Å². The first-order valence-corrected chi connectivity index (χ1v) is 6.34. The highest BCUT2D eigenvalue weighted by Crippen LogP contribution is 2.29. The van der Waals surface area contributed by atoms with Crippen molar-refractivity contribution >= 4 is 11.1 Å². The topological polar surface area (TPSA) is 61.2 Å². The zero-order chi connectivity index (χ0) is 13.3. The van der Waals surface area contributed by atoms with Gasteiger partial charge >= 0.3 is 5.76 Å². The summed E-state index contributed by atoms with van der Waals surface area (Å²) in [6.45, 7) is 5.06. The molecule has 1 aromatic heterocycles. The van der Waals surface area contributed by atoms with Crippen LogP contribution in [-0.4, -0.2) is 11.1 Å². The van der Waals surface area contributed by atoms with Gasteiger partial charge in [-0.05, 0) is 42.5 Å². The highest BCUT2D eigenvalue weighted by atomic mass is 16.4. The predicted molar refractivity (Wildman–Crippen MR) is 72.7 cm³/mol. The van der Waals surface area contributed by atoms with Crippen molar-refractivity contribution in [2.24, 2.45) is 18.7 Å². The van der Waals surface area contributed by atoms with Crippen LogP contribution >= 0.6 is 0 Å². The first-order valence-electron chi connectivity index (χ1n) is 6.34. The van der Waals surface area contributed by atoms with Crippen molar-refractivity contribution in [3.63, 3.8) is 0 Å². The Labute approximate surface area is 106 Å². The maximum absolute atomic E-state index is 11.5. The fourth-order valence-corrected chi connectivity index (χ4v) is 2.44. The summed E-state index contributed by atoms with van der Waals surface area (Å²) in [5, 5.41) is 0. The molecule has 0 radical (unpaired) electrons. The second-order valence-corrected chi connectivity index (χ2v) is 5.08. The Morgan fingerprint density at radius 1 is 1.39 bits per heavy atom. The fraction of sp³-hybridized carbons (Fsp3) is 0.500. The van der Waals surface area contributed by atoms with Gasteiger partial charge in [-0.1, -0.05) is 19.9 Å². The lowest BCUT2D eigenvalue weighted by Gasteiger charge is -2.20. The Kier molecular flexibility index (Phi) is 3.57. The molecular weight excluding hydrogens is 228 g/mol. The summed E-state index contributed by atoms with van der Waals surface area (Å²) in [7, 11) is 1.73. The van der Waals surface area contributed by atoms with Crippen LogP contribution in [0, 0.1) is 5.92 Å². The molecule has 0 saturated carbocycles. The Bertz CT molecular complexity index is 595. The molecule has 1 aromatic carbocycles. The van der Waals surface area contributed by atoms with Crippen LogP contribution in [-0.2, 0) is 7.05 Å². The minimum Gasteiger partial charge on any atom is -0.408 e. The van der Waals surface area contributed by atoms with E-state index in [0.29, 0.717) is 24.0 Å². The van der Waals surface area contributed by atoms with Crippen LogP contribution in [0.5, 0.6) is 0 Å². The van der Waals surface area contributed by atoms with Gasteiger partial charge in [0.25, 0.3) is 0 Å². The first kappa shape index (κ1) is 12.9. The number of aromatic nitrogens is 1. The van der Waals surface area contributed by atoms with E-state index in [9.17, 15) is 4.79 Å². The Morgan fingerprint density at radius 3 is 2.72 bits per heavy atom. The summed E-state index contributed by atoms with van der Waals surface area (Å²) in [6.07, 6.45) is 0.953. The molecule has 98 valence electrons. The van der Waals surface area contributed by atoms with Crippen LogP contribution in [0.3, 0.4) is 0 Å². The van der Waals surface area contributed by atoms with Crippen LogP contribution < -0.4 is 11.5 Å². The van der Waals surface area contributed by atoms with Crippen molar-refractivity contribution < 1.29 is 4.42 Å². The number of oxazole rings is 1. The van der Waals surface area contributed by atoms with Crippen LogP contribution in [0.4, 0.5) is 0 Å². The number of rotatable bonds is 4. The van der Waals surface area contributed by atoms with E-state index in [1.165, 1.54) is 5.56 Å². The molecule has 1 atom stereocenters. The van der Waals surface area contributed by atoms with E-state index < -0.39 is 0 Å². The molecule has 0 fully saturated rings. The van der Waals surface area contributed by atoms with Gasteiger partial charge in [-0.3, -0.25) is 4.57 Å². The van der Waals surface area contributed by atoms with Gasteiger partial charge in [0.2, 0.25) is 0 Å². The molecule has 0 aliphatic carbocycles. The highest BCUT2D eigenvalue weighted by molar-refractivity contribution is 5.73. The smallest absolute Gasteiger partial charge is 0.408 e. The van der Waals surface area contributed by atoms with Gasteiger partial charge in [0.05, 0.1) is 5.52 Å². The summed E-state index contributed by atoms with van der Waals surface area (Å²) in [6, 6.07) is 5.95. The van der Waals surface area contributed by atoms with Gasteiger partial charge < -0.3 is 10.2 Å². The van der Waals surface area contributed by atoms with E-state index in [1.54, 1.807) is 11.6 Å². The molecule has 0 saturated heterocycles. The van der Waals surface area contributed by atoms with E-state index >= 15 is 0 Å². The molecular formula is C14H20N2O2. The standard InChI is InChI=1S/C14H20N2O2/c1-9(2)11(6-7-15)10-4-5-13-12(8-10)16(3)14(17)18-13/h4-5,8-9,11H,6-7,15H2,1-3H3. The van der Waals surface area contributed by atoms with Gasteiger partial charge in [0.1, 0.15) is 0 Å². The average Bonchev–Trinajstić information content (AvgIpc) is 2.62. The third-order valence-electron chi connectivity index (χ3n) is 3.53. The lowest BCUT2D eigenvalue weighted by molar-refractivity contribution is 0.473. The van der Waals surface area contributed by atoms with E-state index in [0.717, 1.165) is 11.9 Å². The zero-order valence-corrected chi connectivity index (χ0v) is 11.1. The van der Waals surface area contributed by atoms with Crippen LogP contribution in [0.15, 0.2) is 27.4 Å². The molecule has 4 nitrogen and oxygen atoms in total. The lowest BCUT2D eigenvalue weighted by atomic mass is 9.86. The molecule has 18 heavy (non-hydrogen) atoms. The minimum absolute atomic E-state index is 0.318. The summed E-state index contributed by atoms with van der Waals surface area (Å²) >= 11 is 0. The molecule has 0 aliphatic heterocycles. The van der Waals surface area contributed by atoms with Crippen molar-refractivity contribution in [3.8, 4) is 0 Å². The van der Waals surface area contributed by atoms with E-state index in [1.807, 2.05) is 18.2 Å². The van der Waals surface area contributed by atoms with Crippen LogP contribution in [0.1, 0.15) is 31.7 Å². The van der Waals surface area contributed by atoms with Gasteiger partial charge in [0, 0.05) is 7.05 Å². The summed E-state index contributed by atoms with van der Waals surface area (Å²) in [4.78, 5) is 11.5. The highest BCUT2D eigenvalue weighted by Gasteiger charge is 2.16. The number of nitrogens with zero attached hydrogens (tertiary/aromatic N) is 1. The zero-order valence-electron chi connectivity index (χ0n) is 11.1. The number of fused-ring (bicyclic) bond motifs is 1. The molecule has 0 amide bonds. The Morgan fingerprint density at radius 2 is 2.11 bits per heavy atom. The largest absolute Gasteiger partial charge is 0.419 e. The second-order valence-electron chi connectivity index (χ2n) is 5.08. The maximum Gasteiger partial charge on any atom is 0.419 e. The van der Waals surface area contributed by atoms with Crippen molar-refractivity contribution in [3.05, 3.63) is 34.3 Å². The van der Waals surface area contributed by atoms with Crippen LogP contribution in [0.25, 0.3) is 11.1 Å². The third-order valence-corrected chi connectivity index (χ3v) is 3.53. The van der Waals surface area contributed by atoms with Gasteiger partial charge in [-0.2, -0.15) is 0 Å². The van der Waals surface area contributed by atoms with Gasteiger partial charge in [-0.25, -0.2) is 4.79 Å². The molecule has 2 rings (SSSR count). The Hall–Kier alpha value is -1.55. The predicted octanol–water partition coefficient (Wildman–Crippen LogP) is 2.22. The summed E-state index contributed by atoms with van der Waals surface area (Å²) < 4.78 is 6.68. The molecule has 2 aromatic rings. The summed E-state index contributed by atoms with van der Waals surface area (Å²) in [5.41, 5.74) is 8.39. The van der Waals surface area contributed by atoms with Crippen molar-refractivity contribution in [2.45, 2.75) is 26.2 Å². The molecule has 2 N–H and O–H groups in total. The normalized spacial score (nSPS) is 13.4. The van der Waals surface area contributed by atoms with E-state index in [4.69, 9.17) is 10.2 Å². The summed E-state index contributed by atoms with van der Waals surface area (Å²) in [5.74, 6) is 0.626. The molecule has 1 heterocycles. The molecule has 0 spiro atoms. The van der Waals surface area contributed by atoms with E-state index in [-0.39, 0.29) is 5.76 Å². The molecule has 0 bridgehead atoms. The van der Waals surface area contributed by atoms with Crippen LogP contribution in [0.2, 0.25) is 0 Å². The maximum atomic E-state index is 11.5. The number of nitrogens with two attached hydrogens (primary N) is 1. The Balaban J connectivity index is 2.51. The SMILES string of the molecule is CC(C)C(CCN)c1ccc2oc(=O)n(C)c2c1. The monoisotopic (exact) mass is 248 g/mol. The average molecular weight is 248 g/mol.